The van der Waals surface area contributed by atoms with Gasteiger partial charge >= 0.3 is 0 Å². The molecule has 3 heterocycles. The number of nitrogens with zero attached hydrogens (tertiary/aromatic N) is 3. The van der Waals surface area contributed by atoms with Gasteiger partial charge in [-0.1, -0.05) is 23.7 Å². The molecule has 3 aromatic rings. The standard InChI is InChI=1S/C26H24ClN3O3/c1-29-10-3-11-30(13-12-29)26(32)18-5-2-4-17(14-18)24-9-7-20(33-24)16-22-21-15-19(27)6-8-23(21)28-25(22)31/h2,4-9,14-15H,3,10-13,16H2,1H3. The fraction of sp³-hybridized carbons (Fsp3) is 0.269. The smallest absolute Gasteiger partial charge is 0.274 e. The van der Waals surface area contributed by atoms with Crippen LogP contribution in [0.25, 0.3) is 16.9 Å². The lowest BCUT2D eigenvalue weighted by Gasteiger charge is -2.20. The summed E-state index contributed by atoms with van der Waals surface area (Å²) in [6, 6.07) is 16.5. The van der Waals surface area contributed by atoms with E-state index in [1.54, 1.807) is 18.2 Å². The molecule has 7 heteroatoms. The molecule has 0 unspecified atom stereocenters. The summed E-state index contributed by atoms with van der Waals surface area (Å²) < 4.78 is 6.06. The first-order valence-corrected chi connectivity index (χ1v) is 11.4. The van der Waals surface area contributed by atoms with Crippen LogP contribution < -0.4 is 10.6 Å². The maximum atomic E-state index is 13.1. The predicted octanol–water partition coefficient (Wildman–Crippen LogP) is 2.93. The van der Waals surface area contributed by atoms with E-state index in [1.807, 2.05) is 41.3 Å². The quantitative estimate of drug-likeness (QED) is 0.599. The third-order valence-corrected chi connectivity index (χ3v) is 6.41. The molecule has 0 N–H and O–H groups in total. The number of rotatable bonds is 4. The SMILES string of the molecule is CN1CCCN(C(=O)c2cccc(-c3ccc(CC4=c5cc(Cl)ccc5=NC4=O)o3)c2)CC1. The summed E-state index contributed by atoms with van der Waals surface area (Å²) in [7, 11) is 2.09. The molecule has 0 saturated carbocycles. The van der Waals surface area contributed by atoms with E-state index in [4.69, 9.17) is 16.0 Å². The summed E-state index contributed by atoms with van der Waals surface area (Å²) in [6.45, 7) is 3.38. The van der Waals surface area contributed by atoms with Crippen molar-refractivity contribution in [2.24, 2.45) is 4.99 Å². The summed E-state index contributed by atoms with van der Waals surface area (Å²) in [6.07, 6.45) is 1.30. The van der Waals surface area contributed by atoms with Crippen molar-refractivity contribution in [3.8, 4) is 11.3 Å². The lowest BCUT2D eigenvalue weighted by molar-refractivity contribution is -0.112. The molecule has 0 aliphatic carbocycles. The van der Waals surface area contributed by atoms with E-state index >= 15 is 0 Å². The molecule has 0 atom stereocenters. The zero-order valence-corrected chi connectivity index (χ0v) is 19.1. The number of fused-ring (bicyclic) bond motifs is 1. The van der Waals surface area contributed by atoms with Crippen LogP contribution in [0, 0.1) is 0 Å². The second-order valence-corrected chi connectivity index (χ2v) is 8.97. The minimum absolute atomic E-state index is 0.0427. The highest BCUT2D eigenvalue weighted by molar-refractivity contribution is 6.30. The number of likely N-dealkylation sites (N-methyl/N-ethyl adjacent to an activating group) is 1. The van der Waals surface area contributed by atoms with Crippen molar-refractivity contribution in [2.75, 3.05) is 33.2 Å². The summed E-state index contributed by atoms with van der Waals surface area (Å²) >= 11 is 6.11. The predicted molar refractivity (Wildman–Crippen MR) is 127 cm³/mol. The molecule has 33 heavy (non-hydrogen) atoms. The second kappa shape index (κ2) is 8.96. The minimum atomic E-state index is -0.263. The maximum Gasteiger partial charge on any atom is 0.274 e. The molecule has 2 aliphatic heterocycles. The van der Waals surface area contributed by atoms with Gasteiger partial charge in [-0.25, -0.2) is 4.99 Å². The average Bonchev–Trinajstić information content (AvgIpc) is 3.33. The molecule has 1 fully saturated rings. The Bertz CT molecular complexity index is 1360. The topological polar surface area (TPSA) is 66.1 Å². The van der Waals surface area contributed by atoms with E-state index in [1.165, 1.54) is 0 Å². The molecule has 2 aromatic carbocycles. The number of amides is 2. The number of carbonyl (C=O) groups excluding carboxylic acids is 2. The molecule has 5 rings (SSSR count). The Morgan fingerprint density at radius 2 is 1.94 bits per heavy atom. The fourth-order valence-electron chi connectivity index (χ4n) is 4.35. The zero-order chi connectivity index (χ0) is 22.9. The highest BCUT2D eigenvalue weighted by atomic mass is 35.5. The van der Waals surface area contributed by atoms with E-state index in [0.717, 1.165) is 43.4 Å². The number of hydrogen-bond donors (Lipinski definition) is 0. The van der Waals surface area contributed by atoms with Gasteiger partial charge in [-0.05, 0) is 62.5 Å². The highest BCUT2D eigenvalue weighted by Gasteiger charge is 2.21. The van der Waals surface area contributed by atoms with E-state index in [0.29, 0.717) is 39.5 Å². The van der Waals surface area contributed by atoms with Crippen LogP contribution >= 0.6 is 11.6 Å². The normalized spacial score (nSPS) is 16.5. The van der Waals surface area contributed by atoms with Gasteiger partial charge in [0.2, 0.25) is 0 Å². The van der Waals surface area contributed by atoms with Crippen LogP contribution in [-0.2, 0) is 11.2 Å². The first-order chi connectivity index (χ1) is 16.0. The van der Waals surface area contributed by atoms with Gasteiger partial charge in [0, 0.05) is 53.0 Å². The monoisotopic (exact) mass is 461 g/mol. The first-order valence-electron chi connectivity index (χ1n) is 11.1. The molecule has 1 saturated heterocycles. The van der Waals surface area contributed by atoms with Crippen molar-refractivity contribution >= 4 is 29.0 Å². The van der Waals surface area contributed by atoms with Crippen molar-refractivity contribution in [3.63, 3.8) is 0 Å². The summed E-state index contributed by atoms with van der Waals surface area (Å²) in [5, 5.41) is 1.95. The molecule has 0 bridgehead atoms. The maximum absolute atomic E-state index is 13.1. The van der Waals surface area contributed by atoms with Gasteiger partial charge in [0.1, 0.15) is 11.5 Å². The number of benzene rings is 2. The minimum Gasteiger partial charge on any atom is -0.461 e. The van der Waals surface area contributed by atoms with E-state index in [9.17, 15) is 9.59 Å². The van der Waals surface area contributed by atoms with Gasteiger partial charge in [-0.15, -0.1) is 0 Å². The van der Waals surface area contributed by atoms with E-state index < -0.39 is 0 Å². The van der Waals surface area contributed by atoms with E-state index in [-0.39, 0.29) is 11.8 Å². The molecule has 6 nitrogen and oxygen atoms in total. The second-order valence-electron chi connectivity index (χ2n) is 8.53. The molecule has 168 valence electrons. The van der Waals surface area contributed by atoms with Crippen molar-refractivity contribution < 1.29 is 14.0 Å². The van der Waals surface area contributed by atoms with Crippen molar-refractivity contribution in [1.82, 2.24) is 9.80 Å². The Morgan fingerprint density at radius 1 is 1.06 bits per heavy atom. The Morgan fingerprint density at radius 3 is 2.82 bits per heavy atom. The number of carbonyl (C=O) groups is 2. The third kappa shape index (κ3) is 4.49. The van der Waals surface area contributed by atoms with Gasteiger partial charge in [-0.3, -0.25) is 9.59 Å². The van der Waals surface area contributed by atoms with Crippen molar-refractivity contribution in [3.05, 3.63) is 81.5 Å². The number of furan rings is 1. The molecular formula is C26H24ClN3O3. The van der Waals surface area contributed by atoms with Crippen LogP contribution in [0.1, 0.15) is 22.5 Å². The lowest BCUT2D eigenvalue weighted by atomic mass is 10.1. The molecule has 0 radical (unpaired) electrons. The number of hydrogen-bond acceptors (Lipinski definition) is 4. The summed E-state index contributed by atoms with van der Waals surface area (Å²) in [5.41, 5.74) is 2.05. The Kier molecular flexibility index (Phi) is 5.87. The molecule has 2 amide bonds. The van der Waals surface area contributed by atoms with Crippen LogP contribution in [0.2, 0.25) is 5.02 Å². The zero-order valence-electron chi connectivity index (χ0n) is 18.4. The fourth-order valence-corrected chi connectivity index (χ4v) is 4.52. The number of halogens is 1. The van der Waals surface area contributed by atoms with Crippen LogP contribution in [-0.4, -0.2) is 54.8 Å². The molecule has 0 spiro atoms. The van der Waals surface area contributed by atoms with Gasteiger partial charge in [0.15, 0.2) is 0 Å². The first kappa shape index (κ1) is 21.6. The third-order valence-electron chi connectivity index (χ3n) is 6.18. The Balaban J connectivity index is 1.38. The summed E-state index contributed by atoms with van der Waals surface area (Å²) in [5.74, 6) is 1.09. The molecular weight excluding hydrogens is 438 g/mol. The lowest BCUT2D eigenvalue weighted by Crippen LogP contribution is -2.34. The van der Waals surface area contributed by atoms with Gasteiger partial charge in [0.05, 0.1) is 5.36 Å². The van der Waals surface area contributed by atoms with E-state index in [2.05, 4.69) is 16.9 Å². The molecule has 2 aliphatic rings. The Hall–Kier alpha value is -3.22. The Labute approximate surface area is 196 Å². The van der Waals surface area contributed by atoms with Crippen LogP contribution in [0.15, 0.2) is 64.0 Å². The van der Waals surface area contributed by atoms with Crippen LogP contribution in [0.3, 0.4) is 0 Å². The van der Waals surface area contributed by atoms with Crippen molar-refractivity contribution in [1.29, 1.82) is 0 Å². The largest absolute Gasteiger partial charge is 0.461 e. The van der Waals surface area contributed by atoms with Crippen LogP contribution in [0.4, 0.5) is 0 Å². The average molecular weight is 462 g/mol. The van der Waals surface area contributed by atoms with Gasteiger partial charge in [0.25, 0.3) is 11.8 Å². The van der Waals surface area contributed by atoms with Crippen LogP contribution in [0.5, 0.6) is 0 Å². The molecule has 1 aromatic heterocycles. The van der Waals surface area contributed by atoms with Gasteiger partial charge in [-0.2, -0.15) is 0 Å². The van der Waals surface area contributed by atoms with Crippen molar-refractivity contribution in [2.45, 2.75) is 12.8 Å². The van der Waals surface area contributed by atoms with Gasteiger partial charge < -0.3 is 14.2 Å². The summed E-state index contributed by atoms with van der Waals surface area (Å²) in [4.78, 5) is 33.8. The highest BCUT2D eigenvalue weighted by Crippen LogP contribution is 2.25.